The first-order valence-electron chi connectivity index (χ1n) is 10.1. The predicted octanol–water partition coefficient (Wildman–Crippen LogP) is 4.90. The van der Waals surface area contributed by atoms with Crippen LogP contribution < -0.4 is 0 Å². The van der Waals surface area contributed by atoms with Crippen molar-refractivity contribution in [3.8, 4) is 0 Å². The lowest BCUT2D eigenvalue weighted by atomic mass is 9.41. The Kier molecular flexibility index (Phi) is 3.76. The average molecular weight is 347 g/mol. The van der Waals surface area contributed by atoms with Gasteiger partial charge in [0.05, 0.1) is 18.1 Å². The van der Waals surface area contributed by atoms with Gasteiger partial charge < -0.3 is 9.47 Å². The van der Waals surface area contributed by atoms with Gasteiger partial charge in [0.25, 0.3) is 0 Å². The summed E-state index contributed by atoms with van der Waals surface area (Å²) in [6, 6.07) is 0. The Labute approximate surface area is 152 Å². The molecule has 4 aliphatic carbocycles. The number of carbonyl (C=O) groups is 1. The first kappa shape index (κ1) is 17.6. The van der Waals surface area contributed by atoms with Gasteiger partial charge in [-0.15, -0.1) is 0 Å². The maximum atomic E-state index is 12.7. The molecule has 4 rings (SSSR count). The van der Waals surface area contributed by atoms with E-state index in [0.29, 0.717) is 17.3 Å². The second kappa shape index (κ2) is 5.34. The SMILES string of the molecule is C=C1C[C@@]23CCC4[C@@](C)(CCC[C@@]4(C)C(=O)OC)C2CC[C@]1(OC)C3. The second-order valence-electron chi connectivity index (χ2n) is 9.97. The number of hydrogen-bond donors (Lipinski definition) is 0. The van der Waals surface area contributed by atoms with E-state index in [4.69, 9.17) is 9.47 Å². The Hall–Kier alpha value is -0.830. The maximum absolute atomic E-state index is 12.7. The van der Waals surface area contributed by atoms with Gasteiger partial charge in [-0.05, 0) is 86.5 Å². The van der Waals surface area contributed by atoms with E-state index in [1.165, 1.54) is 24.8 Å². The summed E-state index contributed by atoms with van der Waals surface area (Å²) in [5, 5.41) is 0. The number of rotatable bonds is 2. The van der Waals surface area contributed by atoms with Gasteiger partial charge in [-0.2, -0.15) is 0 Å². The zero-order valence-corrected chi connectivity index (χ0v) is 16.5. The van der Waals surface area contributed by atoms with E-state index < -0.39 is 0 Å². The minimum Gasteiger partial charge on any atom is -0.469 e. The van der Waals surface area contributed by atoms with Crippen LogP contribution in [0.15, 0.2) is 12.2 Å². The van der Waals surface area contributed by atoms with E-state index in [1.54, 1.807) is 7.11 Å². The molecule has 4 fully saturated rings. The van der Waals surface area contributed by atoms with Crippen molar-refractivity contribution in [2.45, 2.75) is 77.2 Å². The Morgan fingerprint density at radius 2 is 1.80 bits per heavy atom. The minimum absolute atomic E-state index is 0.0113. The van der Waals surface area contributed by atoms with Crippen LogP contribution in [0, 0.1) is 28.1 Å². The van der Waals surface area contributed by atoms with Crippen LogP contribution in [0.2, 0.25) is 0 Å². The summed E-state index contributed by atoms with van der Waals surface area (Å²) in [5.74, 6) is 1.14. The summed E-state index contributed by atoms with van der Waals surface area (Å²) >= 11 is 0. The molecule has 140 valence electrons. The molecule has 0 aromatic heterocycles. The largest absolute Gasteiger partial charge is 0.469 e. The zero-order chi connectivity index (χ0) is 18.1. The predicted molar refractivity (Wildman–Crippen MR) is 98.1 cm³/mol. The third-order valence-corrected chi connectivity index (χ3v) is 9.17. The normalized spacial score (nSPS) is 51.6. The Morgan fingerprint density at radius 1 is 1.08 bits per heavy atom. The molecule has 0 aromatic carbocycles. The van der Waals surface area contributed by atoms with Gasteiger partial charge in [0.15, 0.2) is 0 Å². The molecule has 25 heavy (non-hydrogen) atoms. The molecule has 0 heterocycles. The highest BCUT2D eigenvalue weighted by Crippen LogP contribution is 2.73. The van der Waals surface area contributed by atoms with Crippen LogP contribution in [0.1, 0.15) is 71.6 Å². The van der Waals surface area contributed by atoms with E-state index in [-0.39, 0.29) is 22.4 Å². The van der Waals surface area contributed by atoms with Crippen molar-refractivity contribution in [1.82, 2.24) is 0 Å². The molecule has 4 saturated carbocycles. The van der Waals surface area contributed by atoms with Gasteiger partial charge in [-0.25, -0.2) is 0 Å². The Balaban J connectivity index is 1.73. The number of ether oxygens (including phenoxy) is 2. The molecule has 1 spiro atoms. The topological polar surface area (TPSA) is 35.5 Å². The maximum Gasteiger partial charge on any atom is 0.311 e. The van der Waals surface area contributed by atoms with Gasteiger partial charge in [0.1, 0.15) is 0 Å². The Morgan fingerprint density at radius 3 is 2.48 bits per heavy atom. The van der Waals surface area contributed by atoms with Gasteiger partial charge in [0, 0.05) is 7.11 Å². The number of hydrogen-bond acceptors (Lipinski definition) is 3. The molecular weight excluding hydrogens is 312 g/mol. The third-order valence-electron chi connectivity index (χ3n) is 9.17. The van der Waals surface area contributed by atoms with Crippen LogP contribution in [0.25, 0.3) is 0 Å². The molecule has 0 radical (unpaired) electrons. The van der Waals surface area contributed by atoms with Gasteiger partial charge in [-0.3, -0.25) is 4.79 Å². The molecule has 2 bridgehead atoms. The monoisotopic (exact) mass is 346 g/mol. The summed E-state index contributed by atoms with van der Waals surface area (Å²) < 4.78 is 11.3. The standard InChI is InChI=1S/C22H34O3/c1-15-13-21-11-7-16-19(2,9-6-10-20(16,3)18(23)24-4)17(21)8-12-22(15,14-21)25-5/h16-17H,1,6-14H2,2-5H3/t16?,17?,19-,20-,21-,22+/m1/s1. The number of esters is 1. The van der Waals surface area contributed by atoms with Crippen LogP contribution in [-0.2, 0) is 14.3 Å². The second-order valence-corrected chi connectivity index (χ2v) is 9.97. The fourth-order valence-corrected chi connectivity index (χ4v) is 8.12. The quantitative estimate of drug-likeness (QED) is 0.527. The summed E-state index contributed by atoms with van der Waals surface area (Å²) in [6.07, 6.45) is 10.3. The van der Waals surface area contributed by atoms with Gasteiger partial charge in [0.2, 0.25) is 0 Å². The van der Waals surface area contributed by atoms with Crippen molar-refractivity contribution in [2.75, 3.05) is 14.2 Å². The average Bonchev–Trinajstić information content (AvgIpc) is 2.79. The van der Waals surface area contributed by atoms with Crippen molar-refractivity contribution >= 4 is 5.97 Å². The molecule has 3 nitrogen and oxygen atoms in total. The van der Waals surface area contributed by atoms with E-state index in [9.17, 15) is 4.79 Å². The minimum atomic E-state index is -0.311. The zero-order valence-electron chi connectivity index (χ0n) is 16.5. The van der Waals surface area contributed by atoms with E-state index in [2.05, 4.69) is 20.4 Å². The molecule has 0 saturated heterocycles. The molecule has 6 atom stereocenters. The molecule has 0 N–H and O–H groups in total. The van der Waals surface area contributed by atoms with E-state index >= 15 is 0 Å². The lowest BCUT2D eigenvalue weighted by Crippen LogP contribution is -2.59. The number of methoxy groups -OCH3 is 2. The summed E-state index contributed by atoms with van der Waals surface area (Å²) in [6.45, 7) is 9.09. The number of fused-ring (bicyclic) bond motifs is 3. The molecule has 0 aliphatic heterocycles. The van der Waals surface area contributed by atoms with Gasteiger partial charge >= 0.3 is 5.97 Å². The summed E-state index contributed by atoms with van der Waals surface area (Å²) in [7, 11) is 3.42. The van der Waals surface area contributed by atoms with Crippen molar-refractivity contribution in [3.05, 3.63) is 12.2 Å². The van der Waals surface area contributed by atoms with E-state index in [0.717, 1.165) is 38.5 Å². The highest BCUT2D eigenvalue weighted by molar-refractivity contribution is 5.77. The van der Waals surface area contributed by atoms with Crippen molar-refractivity contribution in [3.63, 3.8) is 0 Å². The van der Waals surface area contributed by atoms with Crippen LogP contribution in [0.4, 0.5) is 0 Å². The molecule has 0 amide bonds. The molecule has 2 unspecified atom stereocenters. The molecule has 3 heteroatoms. The smallest absolute Gasteiger partial charge is 0.311 e. The third kappa shape index (κ3) is 2.05. The summed E-state index contributed by atoms with van der Waals surface area (Å²) in [5.41, 5.74) is 1.54. The highest BCUT2D eigenvalue weighted by atomic mass is 16.5. The van der Waals surface area contributed by atoms with E-state index in [1.807, 2.05) is 7.11 Å². The summed E-state index contributed by atoms with van der Waals surface area (Å²) in [4.78, 5) is 12.7. The Bertz CT molecular complexity index is 612. The molecule has 4 aliphatic rings. The highest BCUT2D eigenvalue weighted by Gasteiger charge is 2.68. The van der Waals surface area contributed by atoms with Crippen molar-refractivity contribution < 1.29 is 14.3 Å². The fraction of sp³-hybridized carbons (Fsp3) is 0.864. The first-order valence-corrected chi connectivity index (χ1v) is 10.1. The molecular formula is C22H34O3. The lowest BCUT2D eigenvalue weighted by molar-refractivity contribution is -0.189. The first-order chi connectivity index (χ1) is 11.8. The van der Waals surface area contributed by atoms with Crippen LogP contribution in [0.5, 0.6) is 0 Å². The van der Waals surface area contributed by atoms with Crippen LogP contribution >= 0.6 is 0 Å². The molecule has 0 aromatic rings. The fourth-order valence-electron chi connectivity index (χ4n) is 8.12. The number of carbonyl (C=O) groups excluding carboxylic acids is 1. The van der Waals surface area contributed by atoms with Crippen molar-refractivity contribution in [1.29, 1.82) is 0 Å². The van der Waals surface area contributed by atoms with Gasteiger partial charge in [-0.1, -0.05) is 19.9 Å². The van der Waals surface area contributed by atoms with Crippen LogP contribution in [-0.4, -0.2) is 25.8 Å². The van der Waals surface area contributed by atoms with Crippen LogP contribution in [0.3, 0.4) is 0 Å². The van der Waals surface area contributed by atoms with Crippen molar-refractivity contribution in [2.24, 2.45) is 28.1 Å². The lowest BCUT2D eigenvalue weighted by Gasteiger charge is -2.64.